The van der Waals surface area contributed by atoms with Crippen molar-refractivity contribution in [3.05, 3.63) is 28.3 Å². The molecule has 0 aliphatic rings. The van der Waals surface area contributed by atoms with Gasteiger partial charge in [0.25, 0.3) is 5.69 Å². The Morgan fingerprint density at radius 1 is 1.47 bits per heavy atom. The molecule has 0 bridgehead atoms. The number of rotatable bonds is 7. The van der Waals surface area contributed by atoms with Gasteiger partial charge in [0.2, 0.25) is 0 Å². The van der Waals surface area contributed by atoms with Gasteiger partial charge in [-0.3, -0.25) is 10.1 Å². The predicted molar refractivity (Wildman–Crippen MR) is 69.7 cm³/mol. The molecule has 1 aromatic rings. The highest BCUT2D eigenvalue weighted by molar-refractivity contribution is 7.99. The number of non-ortho nitro benzene ring substituents is 1. The van der Waals surface area contributed by atoms with Gasteiger partial charge >= 0.3 is 0 Å². The molecular weight excluding hydrogens is 240 g/mol. The van der Waals surface area contributed by atoms with Gasteiger partial charge in [-0.25, -0.2) is 0 Å². The van der Waals surface area contributed by atoms with E-state index in [0.29, 0.717) is 5.75 Å². The molecule has 94 valence electrons. The lowest BCUT2D eigenvalue weighted by atomic mass is 10.2. The van der Waals surface area contributed by atoms with Gasteiger partial charge < -0.3 is 10.4 Å². The van der Waals surface area contributed by atoms with Gasteiger partial charge in [-0.1, -0.05) is 6.92 Å². The van der Waals surface area contributed by atoms with E-state index < -0.39 is 4.92 Å². The zero-order chi connectivity index (χ0) is 12.7. The number of nitrogens with one attached hydrogen (secondary N) is 1. The van der Waals surface area contributed by atoms with Gasteiger partial charge in [0.05, 0.1) is 11.5 Å². The van der Waals surface area contributed by atoms with Crippen molar-refractivity contribution in [1.29, 1.82) is 0 Å². The highest BCUT2D eigenvalue weighted by Crippen LogP contribution is 2.27. The number of nitrogens with zero attached hydrogens (tertiary/aromatic N) is 1. The molecule has 5 nitrogen and oxygen atoms in total. The van der Waals surface area contributed by atoms with Crippen LogP contribution in [-0.4, -0.2) is 28.9 Å². The first-order valence-electron chi connectivity index (χ1n) is 5.44. The first-order chi connectivity index (χ1) is 8.17. The van der Waals surface area contributed by atoms with Gasteiger partial charge in [0, 0.05) is 35.0 Å². The SMILES string of the molecule is CCCNc1cc(SCCO)cc([N+](=O)[O-])c1. The number of aliphatic hydroxyl groups is 1. The Morgan fingerprint density at radius 2 is 2.24 bits per heavy atom. The number of anilines is 1. The van der Waals surface area contributed by atoms with Crippen LogP contribution in [0.2, 0.25) is 0 Å². The summed E-state index contributed by atoms with van der Waals surface area (Å²) in [4.78, 5) is 11.2. The fourth-order valence-corrected chi connectivity index (χ4v) is 2.05. The number of nitro groups is 1. The van der Waals surface area contributed by atoms with Gasteiger partial charge in [0.1, 0.15) is 0 Å². The Balaban J connectivity index is 2.88. The Bertz CT molecular complexity index is 359. The molecule has 0 atom stereocenters. The lowest BCUT2D eigenvalue weighted by Crippen LogP contribution is -2.01. The molecule has 0 heterocycles. The Hall–Kier alpha value is -1.27. The van der Waals surface area contributed by atoms with E-state index in [1.54, 1.807) is 0 Å². The molecule has 2 N–H and O–H groups in total. The van der Waals surface area contributed by atoms with Crippen LogP contribution < -0.4 is 5.32 Å². The van der Waals surface area contributed by atoms with Crippen molar-refractivity contribution < 1.29 is 10.0 Å². The molecule has 0 saturated carbocycles. The monoisotopic (exact) mass is 256 g/mol. The maximum Gasteiger partial charge on any atom is 0.272 e. The summed E-state index contributed by atoms with van der Waals surface area (Å²) < 4.78 is 0. The van der Waals surface area contributed by atoms with Crippen LogP contribution in [0, 0.1) is 10.1 Å². The predicted octanol–water partition coefficient (Wildman–Crippen LogP) is 2.50. The fraction of sp³-hybridized carbons (Fsp3) is 0.455. The Morgan fingerprint density at radius 3 is 2.82 bits per heavy atom. The second-order valence-electron chi connectivity index (χ2n) is 3.47. The minimum Gasteiger partial charge on any atom is -0.396 e. The summed E-state index contributed by atoms with van der Waals surface area (Å²) in [7, 11) is 0. The normalized spacial score (nSPS) is 10.2. The number of nitro benzene ring substituents is 1. The topological polar surface area (TPSA) is 75.4 Å². The lowest BCUT2D eigenvalue weighted by Gasteiger charge is -2.07. The van der Waals surface area contributed by atoms with Crippen LogP contribution in [0.25, 0.3) is 0 Å². The molecule has 0 spiro atoms. The zero-order valence-corrected chi connectivity index (χ0v) is 10.5. The smallest absolute Gasteiger partial charge is 0.272 e. The van der Waals surface area contributed by atoms with Crippen LogP contribution in [0.15, 0.2) is 23.1 Å². The van der Waals surface area contributed by atoms with Crippen LogP contribution in [-0.2, 0) is 0 Å². The maximum atomic E-state index is 10.8. The standard InChI is InChI=1S/C11H16N2O3S/c1-2-3-12-9-6-10(13(15)16)8-11(7-9)17-5-4-14/h6-8,12,14H,2-5H2,1H3. The molecule has 0 amide bonds. The molecule has 0 unspecified atom stereocenters. The summed E-state index contributed by atoms with van der Waals surface area (Å²) in [6.45, 7) is 2.88. The summed E-state index contributed by atoms with van der Waals surface area (Å²) in [6, 6.07) is 4.92. The first-order valence-corrected chi connectivity index (χ1v) is 6.43. The number of hydrogen-bond donors (Lipinski definition) is 2. The van der Waals surface area contributed by atoms with Gasteiger partial charge in [-0.2, -0.15) is 0 Å². The summed E-state index contributed by atoms with van der Waals surface area (Å²) in [5.74, 6) is 0.536. The van der Waals surface area contributed by atoms with E-state index in [2.05, 4.69) is 5.32 Å². The lowest BCUT2D eigenvalue weighted by molar-refractivity contribution is -0.385. The van der Waals surface area contributed by atoms with Gasteiger partial charge in [-0.05, 0) is 12.5 Å². The zero-order valence-electron chi connectivity index (χ0n) is 9.68. The minimum absolute atomic E-state index is 0.0606. The van der Waals surface area contributed by atoms with E-state index in [1.165, 1.54) is 23.9 Å². The number of thioether (sulfide) groups is 1. The molecule has 0 saturated heterocycles. The third-order valence-corrected chi connectivity index (χ3v) is 3.00. The van der Waals surface area contributed by atoms with Crippen molar-refractivity contribution >= 4 is 23.1 Å². The summed E-state index contributed by atoms with van der Waals surface area (Å²) in [5.41, 5.74) is 0.827. The van der Waals surface area contributed by atoms with E-state index in [0.717, 1.165) is 23.5 Å². The van der Waals surface area contributed by atoms with E-state index in [1.807, 2.05) is 13.0 Å². The van der Waals surface area contributed by atoms with Crippen molar-refractivity contribution in [3.63, 3.8) is 0 Å². The van der Waals surface area contributed by atoms with Crippen molar-refractivity contribution in [2.75, 3.05) is 24.2 Å². The molecule has 17 heavy (non-hydrogen) atoms. The highest BCUT2D eigenvalue weighted by atomic mass is 32.2. The third kappa shape index (κ3) is 4.62. The van der Waals surface area contributed by atoms with E-state index in [9.17, 15) is 10.1 Å². The fourth-order valence-electron chi connectivity index (χ4n) is 1.31. The van der Waals surface area contributed by atoms with E-state index in [-0.39, 0.29) is 12.3 Å². The summed E-state index contributed by atoms with van der Waals surface area (Å²) >= 11 is 1.41. The minimum atomic E-state index is -0.403. The van der Waals surface area contributed by atoms with Crippen LogP contribution >= 0.6 is 11.8 Å². The molecule has 0 aliphatic heterocycles. The molecule has 0 radical (unpaired) electrons. The number of aliphatic hydroxyl groups excluding tert-OH is 1. The van der Waals surface area contributed by atoms with Crippen molar-refractivity contribution in [3.8, 4) is 0 Å². The second kappa shape index (κ2) is 7.13. The van der Waals surface area contributed by atoms with Gasteiger partial charge in [-0.15, -0.1) is 11.8 Å². The molecular formula is C11H16N2O3S. The highest BCUT2D eigenvalue weighted by Gasteiger charge is 2.09. The molecule has 1 aromatic carbocycles. The molecule has 1 rings (SSSR count). The van der Waals surface area contributed by atoms with Crippen LogP contribution in [0.3, 0.4) is 0 Å². The molecule has 0 aliphatic carbocycles. The van der Waals surface area contributed by atoms with E-state index >= 15 is 0 Å². The quantitative estimate of drug-likeness (QED) is 0.445. The molecule has 0 aromatic heterocycles. The molecule has 6 heteroatoms. The Kier molecular flexibility index (Phi) is 5.79. The average molecular weight is 256 g/mol. The maximum absolute atomic E-state index is 10.8. The van der Waals surface area contributed by atoms with Crippen molar-refractivity contribution in [2.24, 2.45) is 0 Å². The summed E-state index contributed by atoms with van der Waals surface area (Å²) in [6.07, 6.45) is 0.960. The van der Waals surface area contributed by atoms with Crippen LogP contribution in [0.5, 0.6) is 0 Å². The first kappa shape index (κ1) is 13.8. The Labute approximate surface area is 104 Å². The largest absolute Gasteiger partial charge is 0.396 e. The molecule has 0 fully saturated rings. The third-order valence-electron chi connectivity index (χ3n) is 2.04. The van der Waals surface area contributed by atoms with Crippen molar-refractivity contribution in [1.82, 2.24) is 0 Å². The van der Waals surface area contributed by atoms with Crippen molar-refractivity contribution in [2.45, 2.75) is 18.2 Å². The average Bonchev–Trinajstić information content (AvgIpc) is 2.33. The van der Waals surface area contributed by atoms with E-state index in [4.69, 9.17) is 5.11 Å². The van der Waals surface area contributed by atoms with Crippen LogP contribution in [0.4, 0.5) is 11.4 Å². The summed E-state index contributed by atoms with van der Waals surface area (Å²) in [5, 5.41) is 22.6. The van der Waals surface area contributed by atoms with Gasteiger partial charge in [0.15, 0.2) is 0 Å². The second-order valence-corrected chi connectivity index (χ2v) is 4.64. The number of hydrogen-bond acceptors (Lipinski definition) is 5. The van der Waals surface area contributed by atoms with Crippen LogP contribution in [0.1, 0.15) is 13.3 Å². The number of benzene rings is 1.